The molecule has 0 aromatic carbocycles. The fourth-order valence-corrected chi connectivity index (χ4v) is 2.94. The molecule has 2 saturated heterocycles. The van der Waals surface area contributed by atoms with Crippen molar-refractivity contribution in [1.82, 2.24) is 10.2 Å². The van der Waals surface area contributed by atoms with E-state index < -0.39 is 11.9 Å². The summed E-state index contributed by atoms with van der Waals surface area (Å²) >= 11 is 0. The van der Waals surface area contributed by atoms with E-state index in [0.29, 0.717) is 19.6 Å². The third-order valence-corrected chi connectivity index (χ3v) is 4.01. The largest absolute Gasteiger partial charge is 0.481 e. The van der Waals surface area contributed by atoms with Gasteiger partial charge in [0.1, 0.15) is 5.92 Å². The highest BCUT2D eigenvalue weighted by Gasteiger charge is 2.39. The van der Waals surface area contributed by atoms with Crippen LogP contribution < -0.4 is 5.32 Å². The molecule has 2 fully saturated rings. The van der Waals surface area contributed by atoms with Crippen molar-refractivity contribution in [2.24, 2.45) is 5.92 Å². The number of hydrogen-bond acceptors (Lipinski definition) is 4. The number of likely N-dealkylation sites (N-methyl/N-ethyl adjacent to an activating group) is 1. The fourth-order valence-electron chi connectivity index (χ4n) is 2.94. The minimum Gasteiger partial charge on any atom is -0.481 e. The Morgan fingerprint density at radius 1 is 1.42 bits per heavy atom. The summed E-state index contributed by atoms with van der Waals surface area (Å²) in [5, 5.41) is 12.5. The number of carboxylic acid groups (broad SMARTS) is 1. The van der Waals surface area contributed by atoms with Crippen LogP contribution in [0.25, 0.3) is 0 Å². The maximum Gasteiger partial charge on any atom is 0.311 e. The second-order valence-corrected chi connectivity index (χ2v) is 5.23. The quantitative estimate of drug-likeness (QED) is 0.739. The van der Waals surface area contributed by atoms with E-state index in [4.69, 9.17) is 9.84 Å². The van der Waals surface area contributed by atoms with Crippen LogP contribution in [0.3, 0.4) is 0 Å². The molecule has 3 atom stereocenters. The molecule has 0 aromatic heterocycles. The molecule has 2 aliphatic rings. The molecule has 2 rings (SSSR count). The monoisotopic (exact) mass is 270 g/mol. The number of amides is 1. The van der Waals surface area contributed by atoms with Crippen LogP contribution in [0.15, 0.2) is 0 Å². The van der Waals surface area contributed by atoms with E-state index in [-0.39, 0.29) is 24.6 Å². The molecule has 0 aromatic rings. The average Bonchev–Trinajstić information content (AvgIpc) is 3.00. The first-order valence-electron chi connectivity index (χ1n) is 6.97. The topological polar surface area (TPSA) is 78.9 Å². The number of carbonyl (C=O) groups excluding carboxylic acids is 1. The van der Waals surface area contributed by atoms with Crippen molar-refractivity contribution in [3.8, 4) is 0 Å². The Morgan fingerprint density at radius 3 is 2.79 bits per heavy atom. The van der Waals surface area contributed by atoms with Crippen molar-refractivity contribution < 1.29 is 19.4 Å². The lowest BCUT2D eigenvalue weighted by Gasteiger charge is -2.30. The van der Waals surface area contributed by atoms with Crippen LogP contribution in [-0.2, 0) is 14.3 Å². The van der Waals surface area contributed by atoms with Crippen molar-refractivity contribution in [3.05, 3.63) is 0 Å². The minimum atomic E-state index is -0.882. The van der Waals surface area contributed by atoms with Gasteiger partial charge in [0, 0.05) is 19.0 Å². The first-order chi connectivity index (χ1) is 9.13. The summed E-state index contributed by atoms with van der Waals surface area (Å²) in [6.45, 7) is 3.91. The zero-order valence-corrected chi connectivity index (χ0v) is 11.3. The van der Waals surface area contributed by atoms with E-state index in [2.05, 4.69) is 5.32 Å². The van der Waals surface area contributed by atoms with Gasteiger partial charge in [-0.05, 0) is 26.3 Å². The predicted octanol–water partition coefficient (Wildman–Crippen LogP) is 0.0766. The zero-order valence-electron chi connectivity index (χ0n) is 11.3. The third-order valence-electron chi connectivity index (χ3n) is 4.01. The minimum absolute atomic E-state index is 0.0312. The normalized spacial score (nSPS) is 30.5. The van der Waals surface area contributed by atoms with Crippen molar-refractivity contribution in [3.63, 3.8) is 0 Å². The Hall–Kier alpha value is -1.14. The molecule has 1 amide bonds. The number of aliphatic carboxylic acids is 1. The number of carbonyl (C=O) groups is 2. The summed E-state index contributed by atoms with van der Waals surface area (Å²) in [6.07, 6.45) is 2.58. The number of nitrogens with one attached hydrogen (secondary N) is 1. The van der Waals surface area contributed by atoms with E-state index in [0.717, 1.165) is 19.4 Å². The first kappa shape index (κ1) is 14.3. The maximum atomic E-state index is 12.3. The van der Waals surface area contributed by atoms with Gasteiger partial charge < -0.3 is 20.1 Å². The predicted molar refractivity (Wildman–Crippen MR) is 68.8 cm³/mol. The van der Waals surface area contributed by atoms with Crippen LogP contribution in [0.2, 0.25) is 0 Å². The molecule has 2 heterocycles. The van der Waals surface area contributed by atoms with E-state index in [9.17, 15) is 9.59 Å². The van der Waals surface area contributed by atoms with Crippen LogP contribution in [-0.4, -0.2) is 60.3 Å². The van der Waals surface area contributed by atoms with Gasteiger partial charge in [-0.1, -0.05) is 0 Å². The van der Waals surface area contributed by atoms with Gasteiger partial charge in [0.05, 0.1) is 19.3 Å². The molecular formula is C13H22N2O4. The van der Waals surface area contributed by atoms with Gasteiger partial charge in [-0.15, -0.1) is 0 Å². The molecule has 6 nitrogen and oxygen atoms in total. The Labute approximate surface area is 113 Å². The lowest BCUT2D eigenvalue weighted by Crippen LogP contribution is -2.47. The van der Waals surface area contributed by atoms with Crippen LogP contribution in [0.4, 0.5) is 0 Å². The molecule has 2 aliphatic heterocycles. The van der Waals surface area contributed by atoms with Gasteiger partial charge in [-0.3, -0.25) is 9.59 Å². The van der Waals surface area contributed by atoms with Gasteiger partial charge in [0.2, 0.25) is 5.91 Å². The van der Waals surface area contributed by atoms with Crippen LogP contribution in [0.5, 0.6) is 0 Å². The molecule has 0 saturated carbocycles. The number of hydrogen-bond donors (Lipinski definition) is 2. The Morgan fingerprint density at radius 2 is 2.21 bits per heavy atom. The standard InChI is InChI=1S/C13H22N2O4/c1-2-15(11-8-19-7-10(11)13(17)18)12(16)6-9-4-3-5-14-9/h9-11,14H,2-8H2,1H3,(H,17,18). The van der Waals surface area contributed by atoms with Crippen molar-refractivity contribution in [2.45, 2.75) is 38.3 Å². The molecule has 3 unspecified atom stereocenters. The van der Waals surface area contributed by atoms with Crippen LogP contribution in [0.1, 0.15) is 26.2 Å². The summed E-state index contributed by atoms with van der Waals surface area (Å²) < 4.78 is 5.24. The summed E-state index contributed by atoms with van der Waals surface area (Å²) in [5.41, 5.74) is 0. The molecule has 0 spiro atoms. The highest BCUT2D eigenvalue weighted by molar-refractivity contribution is 5.79. The summed E-state index contributed by atoms with van der Waals surface area (Å²) in [4.78, 5) is 25.2. The zero-order chi connectivity index (χ0) is 13.8. The van der Waals surface area contributed by atoms with Gasteiger partial charge in [0.15, 0.2) is 0 Å². The Kier molecular flexibility index (Phi) is 4.76. The number of rotatable bonds is 5. The highest BCUT2D eigenvalue weighted by atomic mass is 16.5. The van der Waals surface area contributed by atoms with E-state index in [1.807, 2.05) is 6.92 Å². The molecular weight excluding hydrogens is 248 g/mol. The molecule has 0 aliphatic carbocycles. The van der Waals surface area contributed by atoms with Crippen molar-refractivity contribution in [2.75, 3.05) is 26.3 Å². The second-order valence-electron chi connectivity index (χ2n) is 5.23. The molecule has 19 heavy (non-hydrogen) atoms. The van der Waals surface area contributed by atoms with Crippen LogP contribution in [0, 0.1) is 5.92 Å². The summed E-state index contributed by atoms with van der Waals surface area (Å²) in [5.74, 6) is -1.45. The average molecular weight is 270 g/mol. The lowest BCUT2D eigenvalue weighted by atomic mass is 10.0. The van der Waals surface area contributed by atoms with E-state index in [1.165, 1.54) is 0 Å². The van der Waals surface area contributed by atoms with Crippen LogP contribution >= 0.6 is 0 Å². The van der Waals surface area contributed by atoms with E-state index in [1.54, 1.807) is 4.90 Å². The lowest BCUT2D eigenvalue weighted by molar-refractivity contribution is -0.145. The van der Waals surface area contributed by atoms with Gasteiger partial charge in [-0.25, -0.2) is 0 Å². The van der Waals surface area contributed by atoms with Crippen molar-refractivity contribution >= 4 is 11.9 Å². The second kappa shape index (κ2) is 6.34. The summed E-state index contributed by atoms with van der Waals surface area (Å²) in [6, 6.07) is -0.0800. The highest BCUT2D eigenvalue weighted by Crippen LogP contribution is 2.22. The number of ether oxygens (including phenoxy) is 1. The first-order valence-corrected chi connectivity index (χ1v) is 6.97. The van der Waals surface area contributed by atoms with Crippen molar-refractivity contribution in [1.29, 1.82) is 0 Å². The molecule has 108 valence electrons. The van der Waals surface area contributed by atoms with Gasteiger partial charge in [0.25, 0.3) is 0 Å². The third kappa shape index (κ3) is 3.25. The van der Waals surface area contributed by atoms with Gasteiger partial charge >= 0.3 is 5.97 Å². The maximum absolute atomic E-state index is 12.3. The Balaban J connectivity index is 1.97. The smallest absolute Gasteiger partial charge is 0.311 e. The fraction of sp³-hybridized carbons (Fsp3) is 0.846. The van der Waals surface area contributed by atoms with E-state index >= 15 is 0 Å². The molecule has 0 bridgehead atoms. The van der Waals surface area contributed by atoms with Gasteiger partial charge in [-0.2, -0.15) is 0 Å². The Bertz CT molecular complexity index is 342. The molecule has 2 N–H and O–H groups in total. The molecule has 0 radical (unpaired) electrons. The number of nitrogens with zero attached hydrogens (tertiary/aromatic N) is 1. The SMILES string of the molecule is CCN(C(=O)CC1CCCN1)C1COCC1C(=O)O. The molecule has 6 heteroatoms. The summed E-state index contributed by atoms with van der Waals surface area (Å²) in [7, 11) is 0. The number of carboxylic acids is 1.